The maximum atomic E-state index is 12.7. The predicted octanol–water partition coefficient (Wildman–Crippen LogP) is 2.78. The number of H-pyrrole nitrogens is 1. The summed E-state index contributed by atoms with van der Waals surface area (Å²) in [7, 11) is 0. The number of nitrogens with one attached hydrogen (secondary N) is 2. The van der Waals surface area contributed by atoms with Gasteiger partial charge in [0.15, 0.2) is 0 Å². The van der Waals surface area contributed by atoms with E-state index in [2.05, 4.69) is 9.69 Å². The van der Waals surface area contributed by atoms with Gasteiger partial charge in [-0.1, -0.05) is 12.1 Å². The van der Waals surface area contributed by atoms with Crippen LogP contribution < -0.4 is 16.6 Å². The molecule has 0 saturated carbocycles. The molecule has 18 heavy (non-hydrogen) atoms. The van der Waals surface area contributed by atoms with Crippen molar-refractivity contribution in [2.45, 2.75) is 6.18 Å². The second-order valence-corrected chi connectivity index (χ2v) is 4.26. The van der Waals surface area contributed by atoms with Crippen LogP contribution in [-0.2, 0) is 6.18 Å². The number of benzene rings is 1. The van der Waals surface area contributed by atoms with E-state index in [9.17, 15) is 18.0 Å². The van der Waals surface area contributed by atoms with Crippen LogP contribution in [0.1, 0.15) is 5.56 Å². The molecule has 0 amide bonds. The summed E-state index contributed by atoms with van der Waals surface area (Å²) < 4.78 is 40.5. The first kappa shape index (κ1) is 12.5. The first-order valence-electron chi connectivity index (χ1n) is 4.80. The Morgan fingerprint density at radius 2 is 1.94 bits per heavy atom. The number of rotatable bonds is 2. The van der Waals surface area contributed by atoms with Crippen LogP contribution in [0.5, 0.6) is 0 Å². The third kappa shape index (κ3) is 2.33. The number of nitrogen functional groups attached to an aromatic ring is 1. The molecule has 4 N–H and O–H groups in total. The Labute approximate surface area is 103 Å². The number of hydrogen-bond donors (Lipinski definition) is 3. The van der Waals surface area contributed by atoms with Crippen LogP contribution >= 0.6 is 11.5 Å². The number of aromatic nitrogens is 1. The molecule has 0 aliphatic rings. The predicted molar refractivity (Wildman–Crippen MR) is 64.1 cm³/mol. The number of alkyl halides is 3. The van der Waals surface area contributed by atoms with Crippen molar-refractivity contribution in [1.29, 1.82) is 0 Å². The molecule has 8 heteroatoms. The molecule has 0 bridgehead atoms. The summed E-state index contributed by atoms with van der Waals surface area (Å²) in [5.74, 6) is 0. The zero-order valence-electron chi connectivity index (χ0n) is 8.84. The normalized spacial score (nSPS) is 11.5. The van der Waals surface area contributed by atoms with Gasteiger partial charge in [-0.25, -0.2) is 0 Å². The topological polar surface area (TPSA) is 70.9 Å². The van der Waals surface area contributed by atoms with Crippen molar-refractivity contribution in [1.82, 2.24) is 4.37 Å². The Hall–Kier alpha value is -1.96. The molecule has 0 spiro atoms. The number of aromatic amines is 1. The molecule has 1 aromatic carbocycles. The minimum absolute atomic E-state index is 0.128. The minimum atomic E-state index is -4.47. The van der Waals surface area contributed by atoms with Crippen molar-refractivity contribution >= 4 is 27.9 Å². The molecule has 2 rings (SSSR count). The molecule has 0 aliphatic carbocycles. The average Bonchev–Trinajstić information content (AvgIpc) is 2.60. The number of hydrogen-bond acceptors (Lipinski definition) is 4. The van der Waals surface area contributed by atoms with Crippen LogP contribution in [0.25, 0.3) is 0 Å². The number of para-hydroxylation sites is 1. The zero-order valence-corrected chi connectivity index (χ0v) is 9.65. The highest BCUT2D eigenvalue weighted by Gasteiger charge is 2.33. The Kier molecular flexibility index (Phi) is 3.04. The summed E-state index contributed by atoms with van der Waals surface area (Å²) in [5, 5.41) is 2.67. The van der Waals surface area contributed by atoms with Crippen LogP contribution in [0.15, 0.2) is 29.1 Å². The second kappa shape index (κ2) is 4.37. The van der Waals surface area contributed by atoms with E-state index >= 15 is 0 Å². The summed E-state index contributed by atoms with van der Waals surface area (Å²) in [5.41, 5.74) is 3.82. The smallest absolute Gasteiger partial charge is 0.392 e. The maximum absolute atomic E-state index is 12.7. The van der Waals surface area contributed by atoms with Crippen LogP contribution in [-0.4, -0.2) is 4.37 Å². The molecule has 0 unspecified atom stereocenters. The van der Waals surface area contributed by atoms with Crippen molar-refractivity contribution in [2.24, 2.45) is 0 Å². The largest absolute Gasteiger partial charge is 0.418 e. The zero-order chi connectivity index (χ0) is 13.3. The molecule has 0 fully saturated rings. The lowest BCUT2D eigenvalue weighted by atomic mass is 10.1. The lowest BCUT2D eigenvalue weighted by Gasteiger charge is -2.13. The second-order valence-electron chi connectivity index (χ2n) is 3.44. The van der Waals surface area contributed by atoms with Crippen LogP contribution in [0.4, 0.5) is 29.5 Å². The fourth-order valence-electron chi connectivity index (χ4n) is 1.36. The van der Waals surface area contributed by atoms with Crippen LogP contribution in [0.2, 0.25) is 0 Å². The molecule has 1 aromatic heterocycles. The first-order valence-corrected chi connectivity index (χ1v) is 5.61. The SMILES string of the molecule is Nc1c(Nc2ccccc2C(F)(F)F)s[nH]c1=O. The third-order valence-electron chi connectivity index (χ3n) is 2.22. The minimum Gasteiger partial charge on any atom is -0.392 e. The van der Waals surface area contributed by atoms with Crippen LogP contribution in [0, 0.1) is 0 Å². The Bertz CT molecular complexity index is 617. The van der Waals surface area contributed by atoms with E-state index in [0.717, 1.165) is 17.6 Å². The van der Waals surface area contributed by atoms with Crippen LogP contribution in [0.3, 0.4) is 0 Å². The lowest BCUT2D eigenvalue weighted by Crippen LogP contribution is -2.09. The molecule has 1 heterocycles. The van der Waals surface area contributed by atoms with Gasteiger partial charge in [-0.05, 0) is 23.7 Å². The molecule has 0 radical (unpaired) electrons. The van der Waals surface area contributed by atoms with Crippen molar-refractivity contribution in [2.75, 3.05) is 11.1 Å². The van der Waals surface area contributed by atoms with Gasteiger partial charge in [0.05, 0.1) is 11.3 Å². The highest BCUT2D eigenvalue weighted by molar-refractivity contribution is 7.10. The standard InChI is InChI=1S/C10H8F3N3OS/c11-10(12,13)5-3-1-2-4-6(5)15-9-7(14)8(17)16-18-9/h1-4,15H,14H2,(H,16,17). The average molecular weight is 275 g/mol. The third-order valence-corrected chi connectivity index (χ3v) is 3.03. The number of anilines is 3. The van der Waals surface area contributed by atoms with E-state index in [1.165, 1.54) is 18.2 Å². The summed E-state index contributed by atoms with van der Waals surface area (Å²) in [6.07, 6.45) is -4.47. The van der Waals surface area contributed by atoms with E-state index < -0.39 is 17.3 Å². The Balaban J connectivity index is 2.41. The maximum Gasteiger partial charge on any atom is 0.418 e. The molecule has 4 nitrogen and oxygen atoms in total. The van der Waals surface area contributed by atoms with Gasteiger partial charge in [-0.15, -0.1) is 0 Å². The van der Waals surface area contributed by atoms with Gasteiger partial charge in [-0.2, -0.15) is 13.2 Å². The Morgan fingerprint density at radius 3 is 2.50 bits per heavy atom. The molecular formula is C10H8F3N3OS. The van der Waals surface area contributed by atoms with E-state index in [4.69, 9.17) is 5.73 Å². The lowest BCUT2D eigenvalue weighted by molar-refractivity contribution is -0.136. The van der Waals surface area contributed by atoms with Gasteiger partial charge < -0.3 is 11.1 Å². The highest BCUT2D eigenvalue weighted by atomic mass is 32.1. The van der Waals surface area contributed by atoms with Crippen molar-refractivity contribution in [3.05, 3.63) is 40.2 Å². The monoisotopic (exact) mass is 275 g/mol. The Morgan fingerprint density at radius 1 is 1.28 bits per heavy atom. The summed E-state index contributed by atoms with van der Waals surface area (Å²) >= 11 is 0.849. The van der Waals surface area contributed by atoms with E-state index in [-0.39, 0.29) is 16.4 Å². The fourth-order valence-corrected chi connectivity index (χ4v) is 2.03. The van der Waals surface area contributed by atoms with E-state index in [1.54, 1.807) is 0 Å². The van der Waals surface area contributed by atoms with Gasteiger partial charge in [0.1, 0.15) is 10.7 Å². The molecular weight excluding hydrogens is 267 g/mol. The number of halogens is 3. The van der Waals surface area contributed by atoms with Crippen molar-refractivity contribution in [3.63, 3.8) is 0 Å². The summed E-state index contributed by atoms with van der Waals surface area (Å²) in [6, 6.07) is 4.97. The molecule has 0 aliphatic heterocycles. The summed E-state index contributed by atoms with van der Waals surface area (Å²) in [6.45, 7) is 0. The van der Waals surface area contributed by atoms with Gasteiger partial charge in [0.25, 0.3) is 5.56 Å². The number of nitrogens with two attached hydrogens (primary N) is 1. The molecule has 0 saturated heterocycles. The molecule has 96 valence electrons. The van der Waals surface area contributed by atoms with E-state index in [1.807, 2.05) is 0 Å². The fraction of sp³-hybridized carbons (Fsp3) is 0.100. The molecule has 0 atom stereocenters. The molecule has 2 aromatic rings. The van der Waals surface area contributed by atoms with Gasteiger partial charge in [0, 0.05) is 0 Å². The first-order chi connectivity index (χ1) is 8.39. The van der Waals surface area contributed by atoms with Crippen molar-refractivity contribution in [3.8, 4) is 0 Å². The van der Waals surface area contributed by atoms with Gasteiger partial charge in [0.2, 0.25) is 0 Å². The van der Waals surface area contributed by atoms with Gasteiger partial charge in [-0.3, -0.25) is 9.17 Å². The van der Waals surface area contributed by atoms with E-state index in [0.29, 0.717) is 0 Å². The summed E-state index contributed by atoms with van der Waals surface area (Å²) in [4.78, 5) is 11.1. The van der Waals surface area contributed by atoms with Crippen molar-refractivity contribution < 1.29 is 13.2 Å². The highest BCUT2D eigenvalue weighted by Crippen LogP contribution is 2.36. The van der Waals surface area contributed by atoms with Gasteiger partial charge >= 0.3 is 6.18 Å². The quantitative estimate of drug-likeness (QED) is 0.789.